The molecule has 7 heteroatoms. The van der Waals surface area contributed by atoms with Crippen molar-refractivity contribution in [1.82, 2.24) is 14.5 Å². The summed E-state index contributed by atoms with van der Waals surface area (Å²) in [5.41, 5.74) is 1.84. The van der Waals surface area contributed by atoms with Crippen molar-refractivity contribution < 1.29 is 4.79 Å². The van der Waals surface area contributed by atoms with Gasteiger partial charge in [0.25, 0.3) is 0 Å². The van der Waals surface area contributed by atoms with Gasteiger partial charge in [0.2, 0.25) is 5.91 Å². The molecule has 5 nitrogen and oxygen atoms in total. The second-order valence-corrected chi connectivity index (χ2v) is 6.31. The molecule has 0 aliphatic rings. The number of aryl methyl sites for hydroxylation is 1. The van der Waals surface area contributed by atoms with Gasteiger partial charge in [0.1, 0.15) is 11.6 Å². The van der Waals surface area contributed by atoms with Gasteiger partial charge in [-0.1, -0.05) is 29.8 Å². The molecule has 0 radical (unpaired) electrons. The number of allylic oxidation sites excluding steroid dienone is 1. The quantitative estimate of drug-likeness (QED) is 0.700. The minimum Gasteiger partial charge on any atom is -0.307 e. The van der Waals surface area contributed by atoms with Crippen LogP contribution in [-0.4, -0.2) is 20.4 Å². The Kier molecular flexibility index (Phi) is 4.78. The molecule has 0 saturated carbocycles. The van der Waals surface area contributed by atoms with Crippen molar-refractivity contribution in [3.8, 4) is 16.4 Å². The Morgan fingerprint density at radius 2 is 2.08 bits per heavy atom. The van der Waals surface area contributed by atoms with E-state index in [1.807, 2.05) is 41.1 Å². The largest absolute Gasteiger partial charge is 0.307 e. The molecule has 0 aliphatic heterocycles. The SMILES string of the molecule is C/C=C/C(=O)Nc1cnc(C)n1-c1nc(-c2ccc(Cl)cc2)cs1. The van der Waals surface area contributed by atoms with Crippen LogP contribution in [0.4, 0.5) is 5.82 Å². The summed E-state index contributed by atoms with van der Waals surface area (Å²) < 4.78 is 1.82. The first kappa shape index (κ1) is 16.4. The highest BCUT2D eigenvalue weighted by atomic mass is 35.5. The Labute approximate surface area is 148 Å². The monoisotopic (exact) mass is 358 g/mol. The van der Waals surface area contributed by atoms with Crippen LogP contribution >= 0.6 is 22.9 Å². The van der Waals surface area contributed by atoms with Gasteiger partial charge >= 0.3 is 0 Å². The molecule has 0 spiro atoms. The molecule has 0 aliphatic carbocycles. The molecule has 0 atom stereocenters. The highest BCUT2D eigenvalue weighted by Gasteiger charge is 2.14. The van der Waals surface area contributed by atoms with Gasteiger partial charge in [-0.05, 0) is 32.1 Å². The number of rotatable bonds is 4. The summed E-state index contributed by atoms with van der Waals surface area (Å²) in [5.74, 6) is 1.14. The zero-order valence-corrected chi connectivity index (χ0v) is 14.7. The molecule has 0 saturated heterocycles. The second kappa shape index (κ2) is 6.98. The van der Waals surface area contributed by atoms with Crippen LogP contribution in [0.1, 0.15) is 12.7 Å². The Bertz CT molecular complexity index is 896. The van der Waals surface area contributed by atoms with Crippen LogP contribution in [0.25, 0.3) is 16.4 Å². The van der Waals surface area contributed by atoms with Crippen LogP contribution in [0.2, 0.25) is 5.02 Å². The average Bonchev–Trinajstić information content (AvgIpc) is 3.15. The zero-order valence-electron chi connectivity index (χ0n) is 13.2. The van der Waals surface area contributed by atoms with Gasteiger partial charge in [-0.25, -0.2) is 9.97 Å². The Morgan fingerprint density at radius 3 is 2.79 bits per heavy atom. The standard InChI is InChI=1S/C17H15ClN4OS/c1-3-4-16(23)21-15-9-19-11(2)22(15)17-20-14(10-24-17)12-5-7-13(18)8-6-12/h3-10H,1-2H3,(H,21,23)/b4-3+. The van der Waals surface area contributed by atoms with Crippen LogP contribution < -0.4 is 5.32 Å². The van der Waals surface area contributed by atoms with Crippen LogP contribution in [0.15, 0.2) is 48.0 Å². The number of amides is 1. The summed E-state index contributed by atoms with van der Waals surface area (Å²) >= 11 is 7.41. The third-order valence-electron chi connectivity index (χ3n) is 3.33. The zero-order chi connectivity index (χ0) is 17.1. The number of hydrogen-bond donors (Lipinski definition) is 1. The molecular weight excluding hydrogens is 344 g/mol. The third-order valence-corrected chi connectivity index (χ3v) is 4.41. The minimum atomic E-state index is -0.201. The fourth-order valence-electron chi connectivity index (χ4n) is 2.21. The average molecular weight is 359 g/mol. The van der Waals surface area contributed by atoms with Crippen LogP contribution in [0.3, 0.4) is 0 Å². The number of nitrogens with zero attached hydrogens (tertiary/aromatic N) is 3. The summed E-state index contributed by atoms with van der Waals surface area (Å²) in [6.07, 6.45) is 4.78. The first-order valence-electron chi connectivity index (χ1n) is 7.28. The Balaban J connectivity index is 1.94. The van der Waals surface area contributed by atoms with Crippen molar-refractivity contribution >= 4 is 34.7 Å². The van der Waals surface area contributed by atoms with Crippen molar-refractivity contribution in [2.75, 3.05) is 5.32 Å². The smallest absolute Gasteiger partial charge is 0.249 e. The summed E-state index contributed by atoms with van der Waals surface area (Å²) in [6.45, 7) is 3.66. The highest BCUT2D eigenvalue weighted by molar-refractivity contribution is 7.12. The summed E-state index contributed by atoms with van der Waals surface area (Å²) in [5, 5.41) is 6.21. The number of benzene rings is 1. The summed E-state index contributed by atoms with van der Waals surface area (Å²) in [4.78, 5) is 20.7. The van der Waals surface area contributed by atoms with Gasteiger partial charge in [-0.3, -0.25) is 9.36 Å². The van der Waals surface area contributed by atoms with Gasteiger partial charge in [0.05, 0.1) is 11.9 Å². The number of aromatic nitrogens is 3. The lowest BCUT2D eigenvalue weighted by molar-refractivity contribution is -0.111. The summed E-state index contributed by atoms with van der Waals surface area (Å²) in [6, 6.07) is 7.52. The number of anilines is 1. The van der Waals surface area contributed by atoms with Gasteiger partial charge in [-0.15, -0.1) is 11.3 Å². The van der Waals surface area contributed by atoms with Crippen molar-refractivity contribution in [1.29, 1.82) is 0 Å². The van der Waals surface area contributed by atoms with Crippen molar-refractivity contribution in [2.24, 2.45) is 0 Å². The van der Waals surface area contributed by atoms with E-state index in [1.165, 1.54) is 17.4 Å². The molecule has 0 unspecified atom stereocenters. The maximum Gasteiger partial charge on any atom is 0.249 e. The van der Waals surface area contributed by atoms with Crippen molar-refractivity contribution in [3.63, 3.8) is 0 Å². The third kappa shape index (κ3) is 3.39. The highest BCUT2D eigenvalue weighted by Crippen LogP contribution is 2.28. The van der Waals surface area contributed by atoms with Gasteiger partial charge in [0.15, 0.2) is 5.13 Å². The maximum absolute atomic E-state index is 11.8. The van der Waals surface area contributed by atoms with E-state index in [4.69, 9.17) is 11.6 Å². The van der Waals surface area contributed by atoms with E-state index >= 15 is 0 Å². The van der Waals surface area contributed by atoms with E-state index in [0.29, 0.717) is 10.8 Å². The van der Waals surface area contributed by atoms with Gasteiger partial charge < -0.3 is 5.32 Å². The predicted molar refractivity (Wildman–Crippen MR) is 97.9 cm³/mol. The molecule has 3 aromatic rings. The van der Waals surface area contributed by atoms with Gasteiger partial charge in [-0.2, -0.15) is 0 Å². The number of imidazole rings is 1. The molecule has 122 valence electrons. The molecule has 2 heterocycles. The first-order chi connectivity index (χ1) is 11.6. The van der Waals surface area contributed by atoms with E-state index in [0.717, 1.165) is 22.2 Å². The van der Waals surface area contributed by atoms with E-state index in [-0.39, 0.29) is 5.91 Å². The number of carbonyl (C=O) groups excluding carboxylic acids is 1. The molecule has 1 N–H and O–H groups in total. The van der Waals surface area contributed by atoms with E-state index in [9.17, 15) is 4.79 Å². The fourth-order valence-corrected chi connectivity index (χ4v) is 3.23. The molecule has 0 fully saturated rings. The molecule has 3 rings (SSSR count). The molecule has 1 amide bonds. The molecule has 1 aromatic carbocycles. The van der Waals surface area contributed by atoms with Crippen molar-refractivity contribution in [3.05, 3.63) is 58.8 Å². The Hall–Kier alpha value is -2.44. The number of thiazole rings is 1. The molecule has 24 heavy (non-hydrogen) atoms. The lowest BCUT2D eigenvalue weighted by atomic mass is 10.2. The molecule has 2 aromatic heterocycles. The fraction of sp³-hybridized carbons (Fsp3) is 0.118. The second-order valence-electron chi connectivity index (χ2n) is 5.04. The van der Waals surface area contributed by atoms with Crippen LogP contribution in [0.5, 0.6) is 0 Å². The van der Waals surface area contributed by atoms with Crippen molar-refractivity contribution in [2.45, 2.75) is 13.8 Å². The number of nitrogens with one attached hydrogen (secondary N) is 1. The summed E-state index contributed by atoms with van der Waals surface area (Å²) in [7, 11) is 0. The van der Waals surface area contributed by atoms with Gasteiger partial charge in [0, 0.05) is 16.0 Å². The Morgan fingerprint density at radius 1 is 1.33 bits per heavy atom. The lowest BCUT2D eigenvalue weighted by Gasteiger charge is -2.06. The van der Waals surface area contributed by atoms with E-state index in [1.54, 1.807) is 19.2 Å². The molecular formula is C17H15ClN4OS. The molecule has 0 bridgehead atoms. The number of carbonyl (C=O) groups is 1. The lowest BCUT2D eigenvalue weighted by Crippen LogP contribution is -2.12. The van der Waals surface area contributed by atoms with E-state index < -0.39 is 0 Å². The number of halogens is 1. The van der Waals surface area contributed by atoms with Crippen LogP contribution in [-0.2, 0) is 4.79 Å². The first-order valence-corrected chi connectivity index (χ1v) is 8.54. The predicted octanol–water partition coefficient (Wildman–Crippen LogP) is 4.47. The normalized spacial score (nSPS) is 11.1. The maximum atomic E-state index is 11.8. The number of hydrogen-bond acceptors (Lipinski definition) is 4. The van der Waals surface area contributed by atoms with Crippen LogP contribution in [0, 0.1) is 6.92 Å². The topological polar surface area (TPSA) is 59.8 Å². The van der Waals surface area contributed by atoms with E-state index in [2.05, 4.69) is 15.3 Å². The minimum absolute atomic E-state index is 0.201.